The van der Waals surface area contributed by atoms with Gasteiger partial charge in [-0.1, -0.05) is 30.3 Å². The fourth-order valence-corrected chi connectivity index (χ4v) is 2.54. The largest absolute Gasteiger partial charge is 0.296 e. The van der Waals surface area contributed by atoms with Gasteiger partial charge in [0.15, 0.2) is 5.78 Å². The van der Waals surface area contributed by atoms with Crippen LogP contribution in [-0.2, 0) is 4.79 Å². The quantitative estimate of drug-likeness (QED) is 0.846. The van der Waals surface area contributed by atoms with Gasteiger partial charge in [0.1, 0.15) is 6.17 Å². The van der Waals surface area contributed by atoms with Crippen molar-refractivity contribution in [3.05, 3.63) is 35.9 Å². The Balaban J connectivity index is 2.26. The first-order chi connectivity index (χ1) is 8.59. The molecule has 0 radical (unpaired) electrons. The van der Waals surface area contributed by atoms with Crippen LogP contribution in [0.25, 0.3) is 0 Å². The zero-order chi connectivity index (χ0) is 13.1. The van der Waals surface area contributed by atoms with E-state index in [0.29, 0.717) is 19.5 Å². The number of Topliss-reactive ketones (excluding diaryl/α,β-unsaturated/α-hetero) is 1. The number of halogens is 1. The number of nitrogens with zero attached hydrogens (tertiary/aromatic N) is 1. The number of alkyl halides is 1. The summed E-state index contributed by atoms with van der Waals surface area (Å²) in [6, 6.07) is 9.20. The van der Waals surface area contributed by atoms with Crippen LogP contribution in [-0.4, -0.2) is 35.2 Å². The van der Waals surface area contributed by atoms with Crippen molar-refractivity contribution in [1.82, 2.24) is 4.90 Å². The first kappa shape index (κ1) is 13.6. The van der Waals surface area contributed by atoms with Gasteiger partial charge in [-0.2, -0.15) is 12.6 Å². The van der Waals surface area contributed by atoms with E-state index in [1.165, 1.54) is 0 Å². The molecule has 0 saturated carbocycles. The Hall–Kier alpha value is -0.870. The summed E-state index contributed by atoms with van der Waals surface area (Å²) >= 11 is 4.23. The Morgan fingerprint density at radius 3 is 2.61 bits per heavy atom. The summed E-state index contributed by atoms with van der Waals surface area (Å²) in [7, 11) is 0. The molecule has 1 aliphatic rings. The summed E-state index contributed by atoms with van der Waals surface area (Å²) in [4.78, 5) is 14.2. The molecule has 0 N–H and O–H groups in total. The molecule has 1 aliphatic heterocycles. The molecule has 1 heterocycles. The molecule has 0 spiro atoms. The number of rotatable bonds is 4. The van der Waals surface area contributed by atoms with Crippen molar-refractivity contribution in [2.75, 3.05) is 13.1 Å². The van der Waals surface area contributed by atoms with Gasteiger partial charge in [0.25, 0.3) is 0 Å². The molecule has 1 fully saturated rings. The molecule has 4 heteroatoms. The molecular formula is C14H18FNOS. The van der Waals surface area contributed by atoms with Crippen molar-refractivity contribution in [3.8, 4) is 0 Å². The fourth-order valence-electron chi connectivity index (χ4n) is 2.40. The lowest BCUT2D eigenvalue weighted by molar-refractivity contribution is -0.123. The Morgan fingerprint density at radius 1 is 1.44 bits per heavy atom. The van der Waals surface area contributed by atoms with E-state index in [1.54, 1.807) is 6.92 Å². The van der Waals surface area contributed by atoms with Crippen molar-refractivity contribution in [2.24, 2.45) is 0 Å². The average molecular weight is 267 g/mol. The van der Waals surface area contributed by atoms with Crippen LogP contribution in [0.1, 0.15) is 24.9 Å². The van der Waals surface area contributed by atoms with Crippen LogP contribution in [0.5, 0.6) is 0 Å². The maximum Gasteiger partial charge on any atom is 0.166 e. The van der Waals surface area contributed by atoms with Gasteiger partial charge in [0.2, 0.25) is 0 Å². The van der Waals surface area contributed by atoms with E-state index in [4.69, 9.17) is 0 Å². The molecule has 0 bridgehead atoms. The van der Waals surface area contributed by atoms with E-state index in [2.05, 4.69) is 12.6 Å². The number of thiol groups is 1. The molecule has 0 unspecified atom stereocenters. The number of hydrogen-bond acceptors (Lipinski definition) is 3. The molecule has 0 aliphatic carbocycles. The van der Waals surface area contributed by atoms with Gasteiger partial charge in [0, 0.05) is 13.1 Å². The average Bonchev–Trinajstić information content (AvgIpc) is 2.77. The lowest BCUT2D eigenvalue weighted by Crippen LogP contribution is -2.35. The summed E-state index contributed by atoms with van der Waals surface area (Å²) in [5, 5.41) is -0.339. The first-order valence-electron chi connectivity index (χ1n) is 6.24. The first-order valence-corrected chi connectivity index (χ1v) is 6.76. The topological polar surface area (TPSA) is 20.3 Å². The van der Waals surface area contributed by atoms with Crippen molar-refractivity contribution in [3.63, 3.8) is 0 Å². The van der Waals surface area contributed by atoms with Gasteiger partial charge >= 0.3 is 0 Å². The highest BCUT2D eigenvalue weighted by Crippen LogP contribution is 2.28. The van der Waals surface area contributed by atoms with Crippen LogP contribution in [0.15, 0.2) is 30.3 Å². The maximum absolute atomic E-state index is 13.3. The van der Waals surface area contributed by atoms with Crippen LogP contribution in [0.2, 0.25) is 0 Å². The van der Waals surface area contributed by atoms with Gasteiger partial charge in [-0.25, -0.2) is 4.39 Å². The summed E-state index contributed by atoms with van der Waals surface area (Å²) in [5.41, 5.74) is 0.928. The zero-order valence-corrected chi connectivity index (χ0v) is 11.3. The van der Waals surface area contributed by atoms with E-state index < -0.39 is 6.17 Å². The van der Waals surface area contributed by atoms with Crippen LogP contribution in [0, 0.1) is 0 Å². The molecule has 18 heavy (non-hydrogen) atoms. The van der Waals surface area contributed by atoms with E-state index in [-0.39, 0.29) is 17.1 Å². The molecule has 1 aromatic rings. The van der Waals surface area contributed by atoms with E-state index in [0.717, 1.165) is 5.56 Å². The third kappa shape index (κ3) is 2.93. The highest BCUT2D eigenvalue weighted by Gasteiger charge is 2.34. The lowest BCUT2D eigenvalue weighted by atomic mass is 9.99. The normalized spacial score (nSPS) is 23.8. The minimum atomic E-state index is -0.820. The third-order valence-corrected chi connectivity index (χ3v) is 3.58. The minimum Gasteiger partial charge on any atom is -0.296 e. The fraction of sp³-hybridized carbons (Fsp3) is 0.500. The van der Waals surface area contributed by atoms with Crippen molar-refractivity contribution < 1.29 is 9.18 Å². The van der Waals surface area contributed by atoms with E-state index in [1.807, 2.05) is 35.2 Å². The van der Waals surface area contributed by atoms with Gasteiger partial charge in [-0.15, -0.1) is 0 Å². The smallest absolute Gasteiger partial charge is 0.166 e. The molecule has 0 amide bonds. The number of carbonyl (C=O) groups excluding carboxylic acids is 1. The molecule has 1 saturated heterocycles. The maximum atomic E-state index is 13.3. The summed E-state index contributed by atoms with van der Waals surface area (Å²) in [6.07, 6.45) is -0.309. The van der Waals surface area contributed by atoms with E-state index in [9.17, 15) is 9.18 Å². The van der Waals surface area contributed by atoms with Crippen molar-refractivity contribution in [1.29, 1.82) is 0 Å². The predicted octanol–water partition coefficient (Wildman–Crippen LogP) is 2.66. The molecule has 1 aromatic carbocycles. The van der Waals surface area contributed by atoms with Crippen LogP contribution >= 0.6 is 12.6 Å². The summed E-state index contributed by atoms with van der Waals surface area (Å²) < 4.78 is 13.3. The highest BCUT2D eigenvalue weighted by atomic mass is 32.1. The third-order valence-electron chi connectivity index (χ3n) is 3.32. The standard InChI is InChI=1S/C14H18FNOS/c1-10(18)14(17)13(11-5-3-2-4-6-11)16-8-7-12(15)9-16/h2-6,10,12-13,18H,7-9H2,1H3/t10-,12-,13+/m0/s1. The van der Waals surface area contributed by atoms with Gasteiger partial charge in [-0.3, -0.25) is 9.69 Å². The van der Waals surface area contributed by atoms with Crippen LogP contribution in [0.3, 0.4) is 0 Å². The minimum absolute atomic E-state index is 0.0404. The molecule has 98 valence electrons. The highest BCUT2D eigenvalue weighted by molar-refractivity contribution is 7.81. The number of likely N-dealkylation sites (tertiary alicyclic amines) is 1. The van der Waals surface area contributed by atoms with Crippen LogP contribution in [0.4, 0.5) is 4.39 Å². The monoisotopic (exact) mass is 267 g/mol. The Morgan fingerprint density at radius 2 is 2.11 bits per heavy atom. The van der Waals surface area contributed by atoms with Crippen molar-refractivity contribution in [2.45, 2.75) is 30.8 Å². The second kappa shape index (κ2) is 5.85. The van der Waals surface area contributed by atoms with Gasteiger partial charge in [-0.05, 0) is 18.9 Å². The summed E-state index contributed by atoms with van der Waals surface area (Å²) in [6.45, 7) is 2.74. The Kier molecular flexibility index (Phi) is 4.40. The summed E-state index contributed by atoms with van der Waals surface area (Å²) in [5.74, 6) is 0.0404. The molecular weight excluding hydrogens is 249 g/mol. The Bertz CT molecular complexity index is 410. The molecule has 2 nitrogen and oxygen atoms in total. The van der Waals surface area contributed by atoms with Gasteiger partial charge < -0.3 is 0 Å². The van der Waals surface area contributed by atoms with Crippen LogP contribution < -0.4 is 0 Å². The predicted molar refractivity (Wildman–Crippen MR) is 73.7 cm³/mol. The molecule has 3 atom stereocenters. The lowest BCUT2D eigenvalue weighted by Gasteiger charge is -2.27. The Labute approximate surface area is 113 Å². The second-order valence-electron chi connectivity index (χ2n) is 4.77. The van der Waals surface area contributed by atoms with Gasteiger partial charge in [0.05, 0.1) is 11.3 Å². The number of hydrogen-bond donors (Lipinski definition) is 1. The number of ketones is 1. The van der Waals surface area contributed by atoms with Crippen molar-refractivity contribution >= 4 is 18.4 Å². The second-order valence-corrected chi connectivity index (χ2v) is 5.55. The number of benzene rings is 1. The SMILES string of the molecule is C[C@H](S)C(=O)[C@@H](c1ccccc1)N1CC[C@H](F)C1. The molecule has 0 aromatic heterocycles. The number of carbonyl (C=O) groups is 1. The molecule has 2 rings (SSSR count). The van der Waals surface area contributed by atoms with E-state index >= 15 is 0 Å². The zero-order valence-electron chi connectivity index (χ0n) is 10.4.